The Morgan fingerprint density at radius 3 is 2.70 bits per heavy atom. The Bertz CT molecular complexity index is 440. The van der Waals surface area contributed by atoms with E-state index in [1.54, 1.807) is 0 Å². The number of fused-ring (bicyclic) bond motifs is 2. The molecule has 2 fully saturated rings. The first-order valence-corrected chi connectivity index (χ1v) is 10.8. The summed E-state index contributed by atoms with van der Waals surface area (Å²) in [5.41, 5.74) is 0. The van der Waals surface area contributed by atoms with Gasteiger partial charge in [-0.25, -0.2) is 0 Å². The van der Waals surface area contributed by atoms with Gasteiger partial charge in [0.1, 0.15) is 0 Å². The molecule has 27 heavy (non-hydrogen) atoms. The molecular formula is C22H38O4U. The van der Waals surface area contributed by atoms with Gasteiger partial charge < -0.3 is 14.9 Å². The van der Waals surface area contributed by atoms with Crippen molar-refractivity contribution in [1.29, 1.82) is 0 Å². The summed E-state index contributed by atoms with van der Waals surface area (Å²) in [7, 11) is 0. The maximum absolute atomic E-state index is 10.5. The molecule has 1 unspecified atom stereocenters. The predicted molar refractivity (Wildman–Crippen MR) is 104 cm³/mol. The largest absolute Gasteiger partial charge is 0.481 e. The number of allylic oxidation sites excluding steroid dienone is 2. The molecule has 4 nitrogen and oxygen atoms in total. The van der Waals surface area contributed by atoms with E-state index >= 15 is 0 Å². The summed E-state index contributed by atoms with van der Waals surface area (Å²) in [4.78, 5) is 10.5. The normalized spacial score (nSPS) is 27.8. The van der Waals surface area contributed by atoms with E-state index in [0.717, 1.165) is 58.0 Å². The minimum absolute atomic E-state index is 0. The predicted octanol–water partition coefficient (Wildman–Crippen LogP) is 4.95. The summed E-state index contributed by atoms with van der Waals surface area (Å²) in [6.07, 6.45) is 16.6. The first kappa shape index (κ1) is 25.2. The van der Waals surface area contributed by atoms with Crippen LogP contribution in [-0.4, -0.2) is 35.0 Å². The Labute approximate surface area is 188 Å². The van der Waals surface area contributed by atoms with Crippen LogP contribution in [0.3, 0.4) is 0 Å². The number of aliphatic hydroxyl groups excluding tert-OH is 1. The van der Waals surface area contributed by atoms with Crippen LogP contribution in [0, 0.1) is 48.9 Å². The monoisotopic (exact) mass is 604 g/mol. The van der Waals surface area contributed by atoms with E-state index in [2.05, 4.69) is 19.1 Å². The molecule has 2 N–H and O–H groups in total. The number of carboxylic acids is 1. The van der Waals surface area contributed by atoms with Gasteiger partial charge in [0.15, 0.2) is 0 Å². The number of hydrogen-bond acceptors (Lipinski definition) is 3. The molecule has 154 valence electrons. The van der Waals surface area contributed by atoms with Gasteiger partial charge in [0.2, 0.25) is 0 Å². The molecule has 2 aliphatic rings. The number of carboxylic acid groups (broad SMARTS) is 1. The van der Waals surface area contributed by atoms with E-state index in [1.165, 1.54) is 19.3 Å². The first-order valence-electron chi connectivity index (χ1n) is 10.8. The fraction of sp³-hybridized carbons (Fsp3) is 0.864. The third-order valence-electron chi connectivity index (χ3n) is 6.25. The van der Waals surface area contributed by atoms with Gasteiger partial charge >= 0.3 is 5.97 Å². The summed E-state index contributed by atoms with van der Waals surface area (Å²) < 4.78 is 5.95. The molecule has 5 atom stereocenters. The van der Waals surface area contributed by atoms with Crippen molar-refractivity contribution in [2.24, 2.45) is 17.8 Å². The maximum atomic E-state index is 10.5. The number of carbonyl (C=O) groups is 1. The van der Waals surface area contributed by atoms with Crippen LogP contribution in [0.5, 0.6) is 0 Å². The number of rotatable bonds is 14. The molecule has 1 heterocycles. The van der Waals surface area contributed by atoms with E-state index in [4.69, 9.17) is 9.84 Å². The Morgan fingerprint density at radius 1 is 1.15 bits per heavy atom. The van der Waals surface area contributed by atoms with Gasteiger partial charge in [-0.05, 0) is 69.1 Å². The zero-order valence-electron chi connectivity index (χ0n) is 16.9. The Kier molecular flexibility index (Phi) is 13.3. The molecule has 0 aromatic heterocycles. The van der Waals surface area contributed by atoms with E-state index in [0.29, 0.717) is 23.9 Å². The van der Waals surface area contributed by atoms with Crippen LogP contribution in [0.15, 0.2) is 12.2 Å². The number of unbranched alkanes of at least 4 members (excludes halogenated alkanes) is 4. The van der Waals surface area contributed by atoms with Gasteiger partial charge in [0.25, 0.3) is 0 Å². The fourth-order valence-corrected chi connectivity index (χ4v) is 4.74. The van der Waals surface area contributed by atoms with Gasteiger partial charge in [-0.2, -0.15) is 0 Å². The maximum Gasteiger partial charge on any atom is 0.303 e. The molecule has 0 aromatic carbocycles. The second-order valence-electron chi connectivity index (χ2n) is 8.27. The number of ether oxygens (including phenoxy) is 1. The van der Waals surface area contributed by atoms with Crippen molar-refractivity contribution in [3.8, 4) is 0 Å². The molecule has 1 saturated heterocycles. The van der Waals surface area contributed by atoms with Gasteiger partial charge in [-0.1, -0.05) is 38.3 Å². The summed E-state index contributed by atoms with van der Waals surface area (Å²) in [5, 5.41) is 18.9. The molecule has 0 radical (unpaired) electrons. The molecule has 1 saturated carbocycles. The molecule has 0 aromatic rings. The molecule has 5 heteroatoms. The third kappa shape index (κ3) is 9.03. The fourth-order valence-electron chi connectivity index (χ4n) is 4.74. The average Bonchev–Trinajstić information content (AvgIpc) is 3.20. The summed E-state index contributed by atoms with van der Waals surface area (Å²) in [6, 6.07) is 0. The molecule has 2 bridgehead atoms. The SMILES string of the molecule is CCCCC[C@H](O)CCC1[C@@H](C/C=C\CCCCC(=O)O)[C@H]2CO[C@@H]1C2.[U]. The van der Waals surface area contributed by atoms with Crippen LogP contribution in [0.2, 0.25) is 0 Å². The third-order valence-corrected chi connectivity index (χ3v) is 6.25. The van der Waals surface area contributed by atoms with Crippen LogP contribution in [-0.2, 0) is 9.53 Å². The van der Waals surface area contributed by atoms with Crippen LogP contribution in [0.4, 0.5) is 0 Å². The Balaban J connectivity index is 0.00000364. The Hall–Kier alpha value is 0.182. The van der Waals surface area contributed by atoms with Crippen LogP contribution in [0.25, 0.3) is 0 Å². The van der Waals surface area contributed by atoms with Crippen molar-refractivity contribution in [1.82, 2.24) is 0 Å². The molecular weight excluding hydrogens is 566 g/mol. The second kappa shape index (κ2) is 14.2. The van der Waals surface area contributed by atoms with Crippen molar-refractivity contribution in [2.45, 2.75) is 96.2 Å². The van der Waals surface area contributed by atoms with E-state index in [9.17, 15) is 9.90 Å². The second-order valence-corrected chi connectivity index (χ2v) is 8.27. The topological polar surface area (TPSA) is 66.8 Å². The summed E-state index contributed by atoms with van der Waals surface area (Å²) >= 11 is 0. The number of aliphatic carboxylic acids is 1. The molecule has 1 aliphatic heterocycles. The Morgan fingerprint density at radius 2 is 1.96 bits per heavy atom. The quantitative estimate of drug-likeness (QED) is 0.218. The number of hydrogen-bond donors (Lipinski definition) is 2. The van der Waals surface area contributed by atoms with E-state index in [-0.39, 0.29) is 43.6 Å². The van der Waals surface area contributed by atoms with E-state index in [1.807, 2.05) is 0 Å². The van der Waals surface area contributed by atoms with Crippen molar-refractivity contribution in [3.05, 3.63) is 12.2 Å². The standard InChI is InChI=1S/C22H38O4.U/c1-2-3-7-10-18(23)13-14-20-19(17-15-21(20)26-16-17)11-8-5-4-6-9-12-22(24)25;/h5,8,17-21,23H,2-4,6-7,9-16H2,1H3,(H,24,25);/b8-5-;/t17-,18+,19+,20?,21-;/m1./s1. The minimum atomic E-state index is -0.698. The van der Waals surface area contributed by atoms with E-state index < -0.39 is 5.97 Å². The van der Waals surface area contributed by atoms with Gasteiger partial charge in [-0.15, -0.1) is 0 Å². The zero-order valence-corrected chi connectivity index (χ0v) is 21.1. The molecule has 0 spiro atoms. The smallest absolute Gasteiger partial charge is 0.303 e. The minimum Gasteiger partial charge on any atom is -0.481 e. The summed E-state index contributed by atoms with van der Waals surface area (Å²) in [5.74, 6) is 1.30. The van der Waals surface area contributed by atoms with Crippen molar-refractivity contribution >= 4 is 5.97 Å². The zero-order chi connectivity index (χ0) is 18.8. The number of aliphatic hydroxyl groups is 1. The molecule has 0 amide bonds. The average molecular weight is 605 g/mol. The molecule has 1 aliphatic carbocycles. The van der Waals surface area contributed by atoms with Crippen LogP contribution >= 0.6 is 0 Å². The van der Waals surface area contributed by atoms with Crippen molar-refractivity contribution in [3.63, 3.8) is 0 Å². The van der Waals surface area contributed by atoms with Crippen molar-refractivity contribution in [2.75, 3.05) is 6.61 Å². The van der Waals surface area contributed by atoms with Crippen LogP contribution < -0.4 is 0 Å². The van der Waals surface area contributed by atoms with Gasteiger partial charge in [-0.3, -0.25) is 4.79 Å². The first-order chi connectivity index (χ1) is 12.6. The molecule has 2 rings (SSSR count). The van der Waals surface area contributed by atoms with Crippen LogP contribution in [0.1, 0.15) is 84.0 Å². The van der Waals surface area contributed by atoms with Gasteiger partial charge in [0, 0.05) is 37.5 Å². The van der Waals surface area contributed by atoms with Gasteiger partial charge in [0.05, 0.1) is 18.8 Å². The van der Waals surface area contributed by atoms with Crippen molar-refractivity contribution < 1.29 is 50.9 Å². The summed E-state index contributed by atoms with van der Waals surface area (Å²) in [6.45, 7) is 3.11.